The molecule has 1 amide bonds. The molecule has 1 saturated heterocycles. The molecule has 1 rings (SSSR count). The van der Waals surface area contributed by atoms with E-state index in [2.05, 4.69) is 24.8 Å². The Labute approximate surface area is 104 Å². The van der Waals surface area contributed by atoms with Gasteiger partial charge in [-0.05, 0) is 12.8 Å². The van der Waals surface area contributed by atoms with Gasteiger partial charge in [0.2, 0.25) is 5.91 Å². The van der Waals surface area contributed by atoms with Crippen molar-refractivity contribution >= 4 is 5.91 Å². The molecule has 0 N–H and O–H groups in total. The smallest absolute Gasteiger partial charge is 0.225 e. The van der Waals surface area contributed by atoms with Gasteiger partial charge in [-0.3, -0.25) is 9.69 Å². The summed E-state index contributed by atoms with van der Waals surface area (Å²) in [7, 11) is 0. The summed E-state index contributed by atoms with van der Waals surface area (Å²) in [4.78, 5) is 16.2. The quantitative estimate of drug-likeness (QED) is 0.744. The summed E-state index contributed by atoms with van der Waals surface area (Å²) in [5.74, 6) is 0.734. The van der Waals surface area contributed by atoms with E-state index in [4.69, 9.17) is 5.26 Å². The van der Waals surface area contributed by atoms with Crippen LogP contribution in [0.25, 0.3) is 0 Å². The van der Waals surface area contributed by atoms with Crippen LogP contribution in [0.5, 0.6) is 0 Å². The predicted octanol–water partition coefficient (Wildman–Crippen LogP) is 1.33. The second kappa shape index (κ2) is 6.02. The van der Waals surface area contributed by atoms with E-state index in [0.717, 1.165) is 26.2 Å². The SMILES string of the molecule is CC(C)C(C)C(=O)N1CCN(C(C)C#N)CC1. The molecule has 0 spiro atoms. The molecule has 2 atom stereocenters. The van der Waals surface area contributed by atoms with Crippen LogP contribution in [0.2, 0.25) is 0 Å². The first-order valence-corrected chi connectivity index (χ1v) is 6.39. The minimum absolute atomic E-state index is 0.0465. The average molecular weight is 237 g/mol. The van der Waals surface area contributed by atoms with E-state index in [0.29, 0.717) is 5.92 Å². The van der Waals surface area contributed by atoms with Gasteiger partial charge in [0.1, 0.15) is 0 Å². The zero-order valence-corrected chi connectivity index (χ0v) is 11.3. The predicted molar refractivity (Wildman–Crippen MR) is 67.2 cm³/mol. The molecule has 1 aliphatic heterocycles. The molecule has 0 aliphatic carbocycles. The van der Waals surface area contributed by atoms with E-state index in [1.54, 1.807) is 0 Å². The first kappa shape index (κ1) is 14.0. The lowest BCUT2D eigenvalue weighted by Crippen LogP contribution is -2.52. The third-order valence-corrected chi connectivity index (χ3v) is 3.75. The van der Waals surface area contributed by atoms with Crippen molar-refractivity contribution in [2.24, 2.45) is 11.8 Å². The summed E-state index contributed by atoms with van der Waals surface area (Å²) >= 11 is 0. The molecule has 0 bridgehead atoms. The number of carbonyl (C=O) groups excluding carboxylic acids is 1. The molecule has 0 aromatic heterocycles. The zero-order valence-electron chi connectivity index (χ0n) is 11.3. The third kappa shape index (κ3) is 3.44. The third-order valence-electron chi connectivity index (χ3n) is 3.75. The molecule has 2 unspecified atom stereocenters. The largest absolute Gasteiger partial charge is 0.340 e. The van der Waals surface area contributed by atoms with E-state index in [9.17, 15) is 4.79 Å². The molecule has 4 nitrogen and oxygen atoms in total. The summed E-state index contributed by atoms with van der Waals surface area (Å²) in [5.41, 5.74) is 0. The Hall–Kier alpha value is -1.08. The minimum atomic E-state index is -0.0465. The van der Waals surface area contributed by atoms with Crippen LogP contribution in [-0.2, 0) is 4.79 Å². The van der Waals surface area contributed by atoms with Gasteiger partial charge in [0.15, 0.2) is 0 Å². The maximum Gasteiger partial charge on any atom is 0.225 e. The fraction of sp³-hybridized carbons (Fsp3) is 0.846. The molecule has 96 valence electrons. The van der Waals surface area contributed by atoms with Crippen molar-refractivity contribution in [3.8, 4) is 6.07 Å². The van der Waals surface area contributed by atoms with Crippen molar-refractivity contribution in [3.05, 3.63) is 0 Å². The Morgan fingerprint density at radius 2 is 1.65 bits per heavy atom. The highest BCUT2D eigenvalue weighted by Crippen LogP contribution is 2.15. The lowest BCUT2D eigenvalue weighted by molar-refractivity contribution is -0.138. The molecular formula is C13H23N3O. The van der Waals surface area contributed by atoms with Crippen molar-refractivity contribution in [2.75, 3.05) is 26.2 Å². The molecule has 1 heterocycles. The Morgan fingerprint density at radius 3 is 2.06 bits per heavy atom. The van der Waals surface area contributed by atoms with Crippen molar-refractivity contribution in [2.45, 2.75) is 33.7 Å². The van der Waals surface area contributed by atoms with E-state index in [1.807, 2.05) is 18.7 Å². The van der Waals surface area contributed by atoms with E-state index in [1.165, 1.54) is 0 Å². The first-order valence-electron chi connectivity index (χ1n) is 6.39. The average Bonchev–Trinajstić information content (AvgIpc) is 2.36. The van der Waals surface area contributed by atoms with Crippen LogP contribution < -0.4 is 0 Å². The number of nitriles is 1. The molecule has 0 saturated carbocycles. The summed E-state index contributed by atoms with van der Waals surface area (Å²) in [5, 5.41) is 8.85. The molecule has 1 fully saturated rings. The molecular weight excluding hydrogens is 214 g/mol. The summed E-state index contributed by atoms with van der Waals surface area (Å²) in [6.07, 6.45) is 0. The number of hydrogen-bond acceptors (Lipinski definition) is 3. The van der Waals surface area contributed by atoms with Crippen LogP contribution in [0.4, 0.5) is 0 Å². The lowest BCUT2D eigenvalue weighted by atomic mass is 9.96. The van der Waals surface area contributed by atoms with Crippen molar-refractivity contribution in [1.82, 2.24) is 9.80 Å². The maximum absolute atomic E-state index is 12.1. The van der Waals surface area contributed by atoms with Gasteiger partial charge in [0.25, 0.3) is 0 Å². The van der Waals surface area contributed by atoms with E-state index >= 15 is 0 Å². The second-order valence-electron chi connectivity index (χ2n) is 5.20. The Morgan fingerprint density at radius 1 is 1.12 bits per heavy atom. The molecule has 4 heteroatoms. The minimum Gasteiger partial charge on any atom is -0.340 e. The number of carbonyl (C=O) groups is 1. The Balaban J connectivity index is 2.47. The summed E-state index contributed by atoms with van der Waals surface area (Å²) in [6.45, 7) is 11.2. The van der Waals surface area contributed by atoms with E-state index in [-0.39, 0.29) is 17.9 Å². The van der Waals surface area contributed by atoms with Gasteiger partial charge in [0.05, 0.1) is 12.1 Å². The number of rotatable bonds is 3. The van der Waals surface area contributed by atoms with Crippen LogP contribution in [0.15, 0.2) is 0 Å². The number of piperazine rings is 1. The number of hydrogen-bond donors (Lipinski definition) is 0. The molecule has 0 radical (unpaired) electrons. The van der Waals surface area contributed by atoms with Gasteiger partial charge in [-0.2, -0.15) is 5.26 Å². The normalized spacial score (nSPS) is 21.1. The molecule has 1 aliphatic rings. The van der Waals surface area contributed by atoms with Gasteiger partial charge >= 0.3 is 0 Å². The monoisotopic (exact) mass is 237 g/mol. The van der Waals surface area contributed by atoms with Crippen LogP contribution in [0.1, 0.15) is 27.7 Å². The van der Waals surface area contributed by atoms with Gasteiger partial charge in [-0.25, -0.2) is 0 Å². The van der Waals surface area contributed by atoms with Crippen LogP contribution in [-0.4, -0.2) is 47.9 Å². The maximum atomic E-state index is 12.1. The van der Waals surface area contributed by atoms with Gasteiger partial charge in [0, 0.05) is 32.1 Å². The fourth-order valence-corrected chi connectivity index (χ4v) is 1.98. The van der Waals surface area contributed by atoms with Crippen LogP contribution >= 0.6 is 0 Å². The van der Waals surface area contributed by atoms with Gasteiger partial charge in [-0.1, -0.05) is 20.8 Å². The molecule has 17 heavy (non-hydrogen) atoms. The highest BCUT2D eigenvalue weighted by Gasteiger charge is 2.27. The zero-order chi connectivity index (χ0) is 13.0. The molecule has 0 aromatic carbocycles. The highest BCUT2D eigenvalue weighted by atomic mass is 16.2. The van der Waals surface area contributed by atoms with Crippen LogP contribution in [0, 0.1) is 23.2 Å². The van der Waals surface area contributed by atoms with Gasteiger partial charge in [-0.15, -0.1) is 0 Å². The molecule has 0 aromatic rings. The van der Waals surface area contributed by atoms with Crippen LogP contribution in [0.3, 0.4) is 0 Å². The summed E-state index contributed by atoms with van der Waals surface area (Å²) in [6, 6.07) is 2.20. The van der Waals surface area contributed by atoms with Crippen molar-refractivity contribution in [1.29, 1.82) is 5.26 Å². The Kier molecular flexibility index (Phi) is 4.95. The van der Waals surface area contributed by atoms with Crippen molar-refractivity contribution < 1.29 is 4.79 Å². The second-order valence-corrected chi connectivity index (χ2v) is 5.20. The highest BCUT2D eigenvalue weighted by molar-refractivity contribution is 5.78. The fourth-order valence-electron chi connectivity index (χ4n) is 1.98. The first-order chi connectivity index (χ1) is 7.97. The Bertz CT molecular complexity index is 300. The summed E-state index contributed by atoms with van der Waals surface area (Å²) < 4.78 is 0. The standard InChI is InChI=1S/C13H23N3O/c1-10(2)12(4)13(17)16-7-5-15(6-8-16)11(3)9-14/h10-12H,5-8H2,1-4H3. The number of nitrogens with zero attached hydrogens (tertiary/aromatic N) is 3. The number of amides is 1. The van der Waals surface area contributed by atoms with Crippen molar-refractivity contribution in [3.63, 3.8) is 0 Å². The lowest BCUT2D eigenvalue weighted by Gasteiger charge is -2.37. The topological polar surface area (TPSA) is 47.3 Å². The van der Waals surface area contributed by atoms with E-state index < -0.39 is 0 Å². The van der Waals surface area contributed by atoms with Gasteiger partial charge < -0.3 is 4.90 Å².